The molecule has 0 aliphatic rings. The maximum atomic E-state index is 14.6. The van der Waals surface area contributed by atoms with Crippen molar-refractivity contribution in [1.29, 1.82) is 0 Å². The minimum Gasteiger partial charge on any atom is -0.463 e. The molecule has 2 aromatic heterocycles. The third-order valence-corrected chi connectivity index (χ3v) is 4.24. The first-order valence-electron chi connectivity index (χ1n) is 9.25. The molecule has 0 bridgehead atoms. The molecule has 0 unspecified atom stereocenters. The lowest BCUT2D eigenvalue weighted by Gasteiger charge is -2.12. The monoisotopic (exact) mass is 447 g/mol. The Balaban J connectivity index is 2.03. The molecular formula is C19H18FN5O7. The van der Waals surface area contributed by atoms with Crippen molar-refractivity contribution in [3.63, 3.8) is 0 Å². The summed E-state index contributed by atoms with van der Waals surface area (Å²) in [5.41, 5.74) is -1.70. The third kappa shape index (κ3) is 4.55. The summed E-state index contributed by atoms with van der Waals surface area (Å²) in [6, 6.07) is 4.45. The van der Waals surface area contributed by atoms with E-state index in [0.717, 1.165) is 10.7 Å². The zero-order valence-corrected chi connectivity index (χ0v) is 17.3. The van der Waals surface area contributed by atoms with Crippen molar-refractivity contribution < 1.29 is 28.3 Å². The highest BCUT2D eigenvalue weighted by Gasteiger charge is 2.24. The molecule has 0 spiro atoms. The number of carbonyl (C=O) groups is 1. The number of nitrogens with zero attached hydrogens (tertiary/aromatic N) is 5. The second-order valence-corrected chi connectivity index (χ2v) is 6.33. The summed E-state index contributed by atoms with van der Waals surface area (Å²) in [5.74, 6) is -2.01. The molecule has 3 aromatic rings. The van der Waals surface area contributed by atoms with Crippen LogP contribution in [-0.2, 0) is 16.6 Å². The lowest BCUT2D eigenvalue weighted by atomic mass is 10.2. The van der Waals surface area contributed by atoms with E-state index in [1.807, 2.05) is 0 Å². The van der Waals surface area contributed by atoms with Crippen LogP contribution in [0.2, 0.25) is 0 Å². The van der Waals surface area contributed by atoms with Crippen LogP contribution in [0.3, 0.4) is 0 Å². The molecule has 0 radical (unpaired) electrons. The van der Waals surface area contributed by atoms with Crippen molar-refractivity contribution >= 4 is 11.7 Å². The molecule has 0 amide bonds. The number of hydrogen-bond acceptors (Lipinski definition) is 9. The van der Waals surface area contributed by atoms with Crippen molar-refractivity contribution in [1.82, 2.24) is 19.3 Å². The van der Waals surface area contributed by atoms with Crippen molar-refractivity contribution in [3.05, 3.63) is 62.7 Å². The summed E-state index contributed by atoms with van der Waals surface area (Å²) < 4.78 is 32.2. The van der Waals surface area contributed by atoms with E-state index in [1.54, 1.807) is 13.8 Å². The average molecular weight is 447 g/mol. The molecule has 0 saturated heterocycles. The van der Waals surface area contributed by atoms with Crippen LogP contribution in [0.1, 0.15) is 12.7 Å². The van der Waals surface area contributed by atoms with Crippen LogP contribution >= 0.6 is 0 Å². The zero-order valence-electron chi connectivity index (χ0n) is 17.3. The molecule has 3 rings (SSSR count). The average Bonchev–Trinajstić information content (AvgIpc) is 3.01. The van der Waals surface area contributed by atoms with Gasteiger partial charge in [0.15, 0.2) is 18.2 Å². The van der Waals surface area contributed by atoms with E-state index in [1.165, 1.54) is 29.9 Å². The first-order valence-corrected chi connectivity index (χ1v) is 9.25. The van der Waals surface area contributed by atoms with Crippen molar-refractivity contribution in [2.45, 2.75) is 13.8 Å². The lowest BCUT2D eigenvalue weighted by molar-refractivity contribution is -0.385. The molecule has 168 valence electrons. The van der Waals surface area contributed by atoms with Gasteiger partial charge in [-0.25, -0.2) is 19.0 Å². The number of aromatic nitrogens is 4. The number of ether oxygens (including phenoxy) is 3. The van der Waals surface area contributed by atoms with Gasteiger partial charge in [-0.3, -0.25) is 14.7 Å². The summed E-state index contributed by atoms with van der Waals surface area (Å²) in [7, 11) is 1.45. The van der Waals surface area contributed by atoms with Gasteiger partial charge in [-0.15, -0.1) is 0 Å². The molecule has 0 atom stereocenters. The van der Waals surface area contributed by atoms with Crippen LogP contribution in [-0.4, -0.2) is 43.4 Å². The van der Waals surface area contributed by atoms with Gasteiger partial charge in [0.2, 0.25) is 5.75 Å². The van der Waals surface area contributed by atoms with Gasteiger partial charge in [-0.2, -0.15) is 9.78 Å². The minimum atomic E-state index is -1.05. The lowest BCUT2D eigenvalue weighted by Crippen LogP contribution is -2.22. The number of esters is 1. The molecule has 1 aromatic carbocycles. The number of rotatable bonds is 8. The van der Waals surface area contributed by atoms with Crippen LogP contribution in [0, 0.1) is 22.9 Å². The summed E-state index contributed by atoms with van der Waals surface area (Å²) in [6.45, 7) is 2.86. The number of pyridine rings is 1. The fourth-order valence-electron chi connectivity index (χ4n) is 2.62. The first-order chi connectivity index (χ1) is 15.2. The number of halogens is 1. The Hall–Kier alpha value is -4.29. The highest BCUT2D eigenvalue weighted by molar-refractivity contribution is 5.71. The van der Waals surface area contributed by atoms with Crippen LogP contribution in [0.25, 0.3) is 5.69 Å². The molecule has 0 N–H and O–H groups in total. The second-order valence-electron chi connectivity index (χ2n) is 6.33. The van der Waals surface area contributed by atoms with E-state index in [9.17, 15) is 24.1 Å². The van der Waals surface area contributed by atoms with E-state index in [4.69, 9.17) is 14.2 Å². The zero-order chi connectivity index (χ0) is 23.4. The summed E-state index contributed by atoms with van der Waals surface area (Å²) in [4.78, 5) is 38.4. The number of nitro groups is 1. The van der Waals surface area contributed by atoms with Crippen LogP contribution in [0.15, 0.2) is 35.3 Å². The van der Waals surface area contributed by atoms with Crippen molar-refractivity contribution in [3.8, 4) is 23.1 Å². The van der Waals surface area contributed by atoms with Gasteiger partial charge in [0.1, 0.15) is 11.5 Å². The molecule has 0 aliphatic heterocycles. The number of nitro benzene ring substituents is 1. The third-order valence-electron chi connectivity index (χ3n) is 4.24. The number of aryl methyl sites for hydroxylation is 1. The Kier molecular flexibility index (Phi) is 6.47. The predicted octanol–water partition coefficient (Wildman–Crippen LogP) is 2.06. The molecular weight excluding hydrogens is 429 g/mol. The second kappa shape index (κ2) is 9.24. The summed E-state index contributed by atoms with van der Waals surface area (Å²) in [6.07, 6.45) is 1.36. The molecule has 0 fully saturated rings. The SMILES string of the molecule is CCOC(=O)COc1ncccc1Oc1cc(-n2nc(C)n(C)c2=O)c(F)cc1[N+](=O)[O-]. The predicted molar refractivity (Wildman–Crippen MR) is 107 cm³/mol. The van der Waals surface area contributed by atoms with E-state index in [-0.39, 0.29) is 23.9 Å². The minimum absolute atomic E-state index is 0.0815. The Morgan fingerprint density at radius 2 is 2.06 bits per heavy atom. The molecule has 0 aliphatic carbocycles. The topological polar surface area (TPSA) is 141 Å². The smallest absolute Gasteiger partial charge is 0.350 e. The van der Waals surface area contributed by atoms with E-state index >= 15 is 0 Å². The van der Waals surface area contributed by atoms with E-state index < -0.39 is 40.4 Å². The highest BCUT2D eigenvalue weighted by atomic mass is 19.1. The summed E-state index contributed by atoms with van der Waals surface area (Å²) in [5, 5.41) is 15.4. The van der Waals surface area contributed by atoms with Gasteiger partial charge in [0, 0.05) is 19.3 Å². The number of benzene rings is 1. The molecule has 0 saturated carbocycles. The maximum absolute atomic E-state index is 14.6. The van der Waals surface area contributed by atoms with Gasteiger partial charge in [-0.05, 0) is 26.0 Å². The van der Waals surface area contributed by atoms with E-state index in [0.29, 0.717) is 11.9 Å². The number of carbonyl (C=O) groups excluding carboxylic acids is 1. The van der Waals surface area contributed by atoms with Crippen molar-refractivity contribution in [2.75, 3.05) is 13.2 Å². The Morgan fingerprint density at radius 1 is 1.31 bits per heavy atom. The van der Waals surface area contributed by atoms with Gasteiger partial charge in [0.05, 0.1) is 17.6 Å². The van der Waals surface area contributed by atoms with Gasteiger partial charge >= 0.3 is 17.3 Å². The summed E-state index contributed by atoms with van der Waals surface area (Å²) >= 11 is 0. The van der Waals surface area contributed by atoms with E-state index in [2.05, 4.69) is 10.1 Å². The Labute approximate surface area is 179 Å². The Morgan fingerprint density at radius 3 is 2.69 bits per heavy atom. The van der Waals surface area contributed by atoms with Crippen LogP contribution in [0.5, 0.6) is 17.4 Å². The quantitative estimate of drug-likeness (QED) is 0.288. The fourth-order valence-corrected chi connectivity index (χ4v) is 2.62. The number of hydrogen-bond donors (Lipinski definition) is 0. The Bertz CT molecular complexity index is 1240. The molecule has 12 nitrogen and oxygen atoms in total. The maximum Gasteiger partial charge on any atom is 0.350 e. The van der Waals surface area contributed by atoms with Gasteiger partial charge in [-0.1, -0.05) is 0 Å². The van der Waals surface area contributed by atoms with Crippen molar-refractivity contribution in [2.24, 2.45) is 7.05 Å². The fraction of sp³-hybridized carbons (Fsp3) is 0.263. The largest absolute Gasteiger partial charge is 0.463 e. The highest BCUT2D eigenvalue weighted by Crippen LogP contribution is 2.37. The normalized spacial score (nSPS) is 10.6. The van der Waals surface area contributed by atoms with Crippen LogP contribution < -0.4 is 15.2 Å². The van der Waals surface area contributed by atoms with Gasteiger partial charge < -0.3 is 14.2 Å². The first kappa shape index (κ1) is 22.4. The van der Waals surface area contributed by atoms with Crippen LogP contribution in [0.4, 0.5) is 10.1 Å². The molecule has 13 heteroatoms. The van der Waals surface area contributed by atoms with Gasteiger partial charge in [0.25, 0.3) is 5.88 Å². The standard InChI is InChI=1S/C19H18FN5O7/c1-4-30-17(26)10-31-18-15(6-5-7-21-18)32-16-9-13(12(20)8-14(16)25(28)29)24-19(27)23(3)11(2)22-24/h5-9H,4,10H2,1-3H3. The molecule has 2 heterocycles. The molecule has 32 heavy (non-hydrogen) atoms.